The number of hydrogen-bond acceptors (Lipinski definition) is 2. The van der Waals surface area contributed by atoms with Crippen LogP contribution in [-0.4, -0.2) is 12.6 Å². The smallest absolute Gasteiger partial charge is 0.305 e. The molecule has 0 aromatic heterocycles. The van der Waals surface area contributed by atoms with Crippen molar-refractivity contribution < 1.29 is 9.53 Å². The highest BCUT2D eigenvalue weighted by molar-refractivity contribution is 5.69. The van der Waals surface area contributed by atoms with Gasteiger partial charge in [0.1, 0.15) is 0 Å². The minimum absolute atomic E-state index is 0. The van der Waals surface area contributed by atoms with E-state index in [9.17, 15) is 4.79 Å². The fourth-order valence-electron chi connectivity index (χ4n) is 3.04. The molecule has 0 rings (SSSR count). The average Bonchev–Trinajstić information content (AvgIpc) is 2.64. The molecule has 2 heteroatoms. The van der Waals surface area contributed by atoms with Gasteiger partial charge in [0.15, 0.2) is 0 Å². The molecular formula is C27H58O2. The lowest BCUT2D eigenvalue weighted by molar-refractivity contribution is -0.143. The zero-order valence-electron chi connectivity index (χ0n) is 20.3. The molecule has 0 aliphatic carbocycles. The van der Waals surface area contributed by atoms with E-state index in [2.05, 4.69) is 34.6 Å². The Hall–Kier alpha value is -0.530. The van der Waals surface area contributed by atoms with Gasteiger partial charge in [0.2, 0.25) is 0 Å². The molecule has 0 radical (unpaired) electrons. The standard InChI is InChI=1S/C22H44O2.C4H10.CH4/c1-3-5-7-8-9-10-11-12-13-14-15-16-17-18-19-20-22(23)24-21-6-4-2;1-4(2)3;/h3-21H2,1-2H3;4H,1-3H3;1H4. The molecule has 178 valence electrons. The van der Waals surface area contributed by atoms with Gasteiger partial charge in [-0.1, -0.05) is 138 Å². The summed E-state index contributed by atoms with van der Waals surface area (Å²) in [7, 11) is 0. The van der Waals surface area contributed by atoms with E-state index in [1.165, 1.54) is 89.9 Å². The molecule has 0 fully saturated rings. The maximum absolute atomic E-state index is 11.4. The van der Waals surface area contributed by atoms with E-state index in [1.807, 2.05) is 0 Å². The lowest BCUT2D eigenvalue weighted by atomic mass is 10.0. The highest BCUT2D eigenvalue weighted by Crippen LogP contribution is 2.13. The molecule has 0 atom stereocenters. The van der Waals surface area contributed by atoms with Gasteiger partial charge in [0.25, 0.3) is 0 Å². The number of carbonyl (C=O) groups excluding carboxylic acids is 1. The van der Waals surface area contributed by atoms with Gasteiger partial charge in [-0.05, 0) is 18.8 Å². The summed E-state index contributed by atoms with van der Waals surface area (Å²) >= 11 is 0. The quantitative estimate of drug-likeness (QED) is 0.155. The van der Waals surface area contributed by atoms with Crippen molar-refractivity contribution in [3.05, 3.63) is 0 Å². The largest absolute Gasteiger partial charge is 0.466 e. The van der Waals surface area contributed by atoms with E-state index in [4.69, 9.17) is 4.74 Å². The molecule has 0 unspecified atom stereocenters. The van der Waals surface area contributed by atoms with Crippen molar-refractivity contribution in [1.29, 1.82) is 0 Å². The molecule has 0 amide bonds. The van der Waals surface area contributed by atoms with Crippen molar-refractivity contribution in [2.24, 2.45) is 5.92 Å². The summed E-state index contributed by atoms with van der Waals surface area (Å²) in [5.41, 5.74) is 0. The molecule has 0 heterocycles. The molecule has 29 heavy (non-hydrogen) atoms. The van der Waals surface area contributed by atoms with Gasteiger partial charge in [-0.25, -0.2) is 0 Å². The van der Waals surface area contributed by atoms with Gasteiger partial charge >= 0.3 is 5.97 Å². The monoisotopic (exact) mass is 414 g/mol. The fourth-order valence-corrected chi connectivity index (χ4v) is 3.04. The first-order chi connectivity index (χ1) is 13.5. The molecule has 0 aliphatic rings. The first-order valence-electron chi connectivity index (χ1n) is 12.7. The summed E-state index contributed by atoms with van der Waals surface area (Å²) < 4.78 is 5.16. The van der Waals surface area contributed by atoms with Crippen LogP contribution in [0.5, 0.6) is 0 Å². The van der Waals surface area contributed by atoms with E-state index in [1.54, 1.807) is 0 Å². The van der Waals surface area contributed by atoms with Crippen LogP contribution in [0.3, 0.4) is 0 Å². The van der Waals surface area contributed by atoms with Crippen LogP contribution in [0.4, 0.5) is 0 Å². The summed E-state index contributed by atoms with van der Waals surface area (Å²) in [5, 5.41) is 0. The van der Waals surface area contributed by atoms with Crippen LogP contribution in [0, 0.1) is 5.92 Å². The Morgan fingerprint density at radius 3 is 1.24 bits per heavy atom. The third-order valence-electron chi connectivity index (χ3n) is 4.75. The number of rotatable bonds is 19. The van der Waals surface area contributed by atoms with Gasteiger partial charge in [0.05, 0.1) is 6.61 Å². The Bertz CT molecular complexity index is 284. The van der Waals surface area contributed by atoms with E-state index < -0.39 is 0 Å². The van der Waals surface area contributed by atoms with Crippen LogP contribution in [-0.2, 0) is 9.53 Å². The first kappa shape index (κ1) is 33.1. The topological polar surface area (TPSA) is 26.3 Å². The van der Waals surface area contributed by atoms with Gasteiger partial charge < -0.3 is 4.74 Å². The molecule has 0 aromatic carbocycles. The maximum atomic E-state index is 11.4. The summed E-state index contributed by atoms with van der Waals surface area (Å²) in [6, 6.07) is 0. The third kappa shape index (κ3) is 38.7. The van der Waals surface area contributed by atoms with Crippen molar-refractivity contribution >= 4 is 5.97 Å². The van der Waals surface area contributed by atoms with Gasteiger partial charge in [-0.15, -0.1) is 0 Å². The van der Waals surface area contributed by atoms with Crippen LogP contribution >= 0.6 is 0 Å². The Balaban J connectivity index is -0.00000123. The minimum Gasteiger partial charge on any atom is -0.466 e. The molecule has 0 aromatic rings. The molecule has 0 saturated heterocycles. The fraction of sp³-hybridized carbons (Fsp3) is 0.963. The minimum atomic E-state index is -0.00172. The van der Waals surface area contributed by atoms with Crippen LogP contribution in [0.2, 0.25) is 0 Å². The number of hydrogen-bond donors (Lipinski definition) is 0. The van der Waals surface area contributed by atoms with Gasteiger partial charge in [-0.2, -0.15) is 0 Å². The number of carbonyl (C=O) groups is 1. The zero-order chi connectivity index (χ0) is 21.3. The molecule has 0 bridgehead atoms. The Kier molecular flexibility index (Phi) is 33.9. The van der Waals surface area contributed by atoms with Crippen molar-refractivity contribution in [1.82, 2.24) is 0 Å². The number of unbranched alkanes of at least 4 members (excludes halogenated alkanes) is 15. The van der Waals surface area contributed by atoms with E-state index in [-0.39, 0.29) is 13.4 Å². The van der Waals surface area contributed by atoms with E-state index >= 15 is 0 Å². The highest BCUT2D eigenvalue weighted by atomic mass is 16.5. The highest BCUT2D eigenvalue weighted by Gasteiger charge is 2.01. The van der Waals surface area contributed by atoms with Crippen LogP contribution in [0.1, 0.15) is 158 Å². The Morgan fingerprint density at radius 2 is 0.897 bits per heavy atom. The van der Waals surface area contributed by atoms with Crippen molar-refractivity contribution in [3.8, 4) is 0 Å². The second-order valence-electron chi connectivity index (χ2n) is 9.01. The lowest BCUT2D eigenvalue weighted by Gasteiger charge is -2.04. The van der Waals surface area contributed by atoms with Gasteiger partial charge in [0, 0.05) is 6.42 Å². The predicted octanol–water partition coefficient (Wildman–Crippen LogP) is 9.89. The van der Waals surface area contributed by atoms with Crippen LogP contribution < -0.4 is 0 Å². The summed E-state index contributed by atoms with van der Waals surface area (Å²) in [6.07, 6.45) is 23.1. The van der Waals surface area contributed by atoms with Crippen molar-refractivity contribution in [3.63, 3.8) is 0 Å². The molecule has 2 nitrogen and oxygen atoms in total. The van der Waals surface area contributed by atoms with Crippen LogP contribution in [0.25, 0.3) is 0 Å². The third-order valence-corrected chi connectivity index (χ3v) is 4.75. The van der Waals surface area contributed by atoms with E-state index in [0.717, 1.165) is 25.2 Å². The van der Waals surface area contributed by atoms with Crippen molar-refractivity contribution in [2.45, 2.75) is 158 Å². The normalized spacial score (nSPS) is 10.3. The second kappa shape index (κ2) is 29.7. The second-order valence-corrected chi connectivity index (χ2v) is 9.01. The molecule has 0 spiro atoms. The predicted molar refractivity (Wildman–Crippen MR) is 133 cm³/mol. The molecule has 0 saturated carbocycles. The molecular weight excluding hydrogens is 356 g/mol. The summed E-state index contributed by atoms with van der Waals surface area (Å²) in [5.74, 6) is 0.832. The average molecular weight is 415 g/mol. The maximum Gasteiger partial charge on any atom is 0.305 e. The van der Waals surface area contributed by atoms with E-state index in [0.29, 0.717) is 13.0 Å². The molecule has 0 aliphatic heterocycles. The Morgan fingerprint density at radius 1 is 0.586 bits per heavy atom. The zero-order valence-corrected chi connectivity index (χ0v) is 20.3. The first-order valence-corrected chi connectivity index (χ1v) is 12.7. The lowest BCUT2D eigenvalue weighted by Crippen LogP contribution is -2.05. The SMILES string of the molecule is C.CC(C)C.CCCCCCCCCCCCCCCCCC(=O)OCCCC. The van der Waals surface area contributed by atoms with Crippen LogP contribution in [0.15, 0.2) is 0 Å². The number of ether oxygens (including phenoxy) is 1. The van der Waals surface area contributed by atoms with Gasteiger partial charge in [-0.3, -0.25) is 4.79 Å². The van der Waals surface area contributed by atoms with Crippen molar-refractivity contribution in [2.75, 3.05) is 6.61 Å². The number of esters is 1. The molecule has 0 N–H and O–H groups in total. The Labute approximate surface area is 186 Å². The summed E-state index contributed by atoms with van der Waals surface area (Å²) in [6.45, 7) is 11.5. The summed E-state index contributed by atoms with van der Waals surface area (Å²) in [4.78, 5) is 11.4.